The standard InChI is InChI=1S/C18H33NO6Si/c1-7-9-18(10-8-11-25-26(5,6)17(2,3)4)13(20)12-19(16(23)24)14(18)15(21)22/h7,13-14,20H,1,8-12H2,2-6H3,(H,21,22)(H,23,24)/t13-,14-,18+/m1/s1. The second-order valence-corrected chi connectivity index (χ2v) is 13.4. The van der Waals surface area contributed by atoms with E-state index < -0.39 is 37.9 Å². The van der Waals surface area contributed by atoms with Crippen molar-refractivity contribution in [3.63, 3.8) is 0 Å². The van der Waals surface area contributed by atoms with Crippen LogP contribution in [0.15, 0.2) is 12.7 Å². The number of aliphatic hydroxyl groups excluding tert-OH is 1. The lowest BCUT2D eigenvalue weighted by atomic mass is 9.72. The predicted octanol–water partition coefficient (Wildman–Crippen LogP) is 3.16. The van der Waals surface area contributed by atoms with Crippen LogP contribution in [0.25, 0.3) is 0 Å². The summed E-state index contributed by atoms with van der Waals surface area (Å²) in [5.74, 6) is -1.24. The first-order chi connectivity index (χ1) is 11.8. The van der Waals surface area contributed by atoms with Crippen LogP contribution in [0, 0.1) is 5.41 Å². The average molecular weight is 388 g/mol. The van der Waals surface area contributed by atoms with Crippen molar-refractivity contribution in [3.05, 3.63) is 12.7 Å². The van der Waals surface area contributed by atoms with Crippen LogP contribution < -0.4 is 0 Å². The SMILES string of the molecule is C=CC[C@]1(CCCO[Si](C)(C)C(C)(C)C)[C@H](O)CN(C(=O)O)[C@@H]1C(=O)O. The molecule has 1 aliphatic rings. The molecular weight excluding hydrogens is 354 g/mol. The molecule has 0 aromatic rings. The van der Waals surface area contributed by atoms with Crippen LogP contribution in [0.1, 0.15) is 40.0 Å². The molecule has 1 fully saturated rings. The van der Waals surface area contributed by atoms with Crippen molar-refractivity contribution in [1.82, 2.24) is 4.90 Å². The van der Waals surface area contributed by atoms with Gasteiger partial charge in [-0.25, -0.2) is 9.59 Å². The van der Waals surface area contributed by atoms with Gasteiger partial charge in [-0.05, 0) is 37.4 Å². The lowest BCUT2D eigenvalue weighted by Crippen LogP contribution is -2.49. The first-order valence-corrected chi connectivity index (χ1v) is 11.9. The lowest BCUT2D eigenvalue weighted by molar-refractivity contribution is -0.146. The molecule has 0 bridgehead atoms. The Hall–Kier alpha value is -1.38. The number of hydrogen-bond acceptors (Lipinski definition) is 4. The molecule has 26 heavy (non-hydrogen) atoms. The van der Waals surface area contributed by atoms with Gasteiger partial charge in [0.2, 0.25) is 0 Å². The van der Waals surface area contributed by atoms with Gasteiger partial charge in [0.05, 0.1) is 12.6 Å². The van der Waals surface area contributed by atoms with E-state index in [0.29, 0.717) is 19.4 Å². The van der Waals surface area contributed by atoms with E-state index in [4.69, 9.17) is 4.43 Å². The maximum Gasteiger partial charge on any atom is 0.408 e. The molecule has 0 spiro atoms. The normalized spacial score (nSPS) is 26.8. The molecule has 0 radical (unpaired) electrons. The fraction of sp³-hybridized carbons (Fsp3) is 0.778. The van der Waals surface area contributed by atoms with Crippen LogP contribution in [0.5, 0.6) is 0 Å². The molecule has 0 aromatic carbocycles. The Balaban J connectivity index is 2.94. The first-order valence-electron chi connectivity index (χ1n) is 8.95. The van der Waals surface area contributed by atoms with Crippen LogP contribution in [0.2, 0.25) is 18.1 Å². The van der Waals surface area contributed by atoms with Gasteiger partial charge in [0, 0.05) is 12.0 Å². The fourth-order valence-corrected chi connectivity index (χ4v) is 4.49. The summed E-state index contributed by atoms with van der Waals surface area (Å²) in [5, 5.41) is 29.6. The minimum atomic E-state index is -1.92. The van der Waals surface area contributed by atoms with E-state index in [1.165, 1.54) is 0 Å². The zero-order chi connectivity index (χ0) is 20.3. The Kier molecular flexibility index (Phi) is 7.06. The highest BCUT2D eigenvalue weighted by molar-refractivity contribution is 6.74. The van der Waals surface area contributed by atoms with Crippen molar-refractivity contribution in [2.45, 2.75) is 70.3 Å². The number of β-amino-alcohol motifs (C(OH)–C–C–N with tert-alkyl or cyclic N) is 1. The molecule has 0 unspecified atom stereocenters. The quantitative estimate of drug-likeness (QED) is 0.335. The highest BCUT2D eigenvalue weighted by atomic mass is 28.4. The molecule has 1 amide bonds. The molecule has 1 rings (SSSR count). The number of aliphatic carboxylic acids is 1. The van der Waals surface area contributed by atoms with Gasteiger partial charge in [-0.1, -0.05) is 26.8 Å². The minimum absolute atomic E-state index is 0.0718. The highest BCUT2D eigenvalue weighted by Gasteiger charge is 2.57. The number of likely N-dealkylation sites (tertiary alicyclic amines) is 1. The molecule has 8 heteroatoms. The number of carbonyl (C=O) groups is 2. The number of carboxylic acid groups (broad SMARTS) is 2. The molecule has 0 aromatic heterocycles. The van der Waals surface area contributed by atoms with E-state index >= 15 is 0 Å². The Morgan fingerprint density at radius 3 is 2.35 bits per heavy atom. The zero-order valence-corrected chi connectivity index (χ0v) is 17.5. The summed E-state index contributed by atoms with van der Waals surface area (Å²) in [7, 11) is -1.92. The Labute approximate surface area is 156 Å². The van der Waals surface area contributed by atoms with Gasteiger partial charge in [0.15, 0.2) is 8.32 Å². The van der Waals surface area contributed by atoms with Gasteiger partial charge < -0.3 is 19.7 Å². The first kappa shape index (κ1) is 22.7. The smallest absolute Gasteiger partial charge is 0.408 e. The third-order valence-electron chi connectivity index (χ3n) is 5.95. The van der Waals surface area contributed by atoms with Crippen LogP contribution in [0.3, 0.4) is 0 Å². The molecule has 0 aliphatic carbocycles. The van der Waals surface area contributed by atoms with Gasteiger partial charge in [-0.3, -0.25) is 4.90 Å². The fourth-order valence-electron chi connectivity index (χ4n) is 3.40. The molecule has 1 aliphatic heterocycles. The summed E-state index contributed by atoms with van der Waals surface area (Å²) < 4.78 is 6.14. The van der Waals surface area contributed by atoms with Crippen LogP contribution in [-0.4, -0.2) is 65.9 Å². The van der Waals surface area contributed by atoms with Crippen LogP contribution in [-0.2, 0) is 9.22 Å². The summed E-state index contributed by atoms with van der Waals surface area (Å²) in [6, 6.07) is -1.29. The van der Waals surface area contributed by atoms with Gasteiger partial charge in [0.1, 0.15) is 6.04 Å². The Morgan fingerprint density at radius 1 is 1.35 bits per heavy atom. The number of carboxylic acids is 1. The van der Waals surface area contributed by atoms with Gasteiger partial charge in [-0.15, -0.1) is 6.58 Å². The number of nitrogens with zero attached hydrogens (tertiary/aromatic N) is 1. The second-order valence-electron chi connectivity index (χ2n) is 8.63. The summed E-state index contributed by atoms with van der Waals surface area (Å²) in [5.41, 5.74) is -1.08. The largest absolute Gasteiger partial charge is 0.480 e. The molecule has 150 valence electrons. The maximum absolute atomic E-state index is 11.8. The number of aliphatic hydroxyl groups is 1. The lowest BCUT2D eigenvalue weighted by Gasteiger charge is -2.38. The van der Waals surface area contributed by atoms with E-state index in [1.54, 1.807) is 6.08 Å². The second kappa shape index (κ2) is 8.10. The number of amides is 1. The van der Waals surface area contributed by atoms with Crippen molar-refractivity contribution in [2.24, 2.45) is 5.41 Å². The molecule has 3 atom stereocenters. The number of hydrogen-bond donors (Lipinski definition) is 3. The zero-order valence-electron chi connectivity index (χ0n) is 16.5. The number of allylic oxidation sites excluding steroid dienone is 1. The van der Waals surface area contributed by atoms with E-state index in [1.807, 2.05) is 0 Å². The Morgan fingerprint density at radius 2 is 1.92 bits per heavy atom. The van der Waals surface area contributed by atoms with E-state index in [9.17, 15) is 24.9 Å². The molecule has 1 saturated heterocycles. The van der Waals surface area contributed by atoms with Crippen molar-refractivity contribution < 1.29 is 29.3 Å². The molecule has 0 saturated carbocycles. The third-order valence-corrected chi connectivity index (χ3v) is 10.5. The molecule has 7 nitrogen and oxygen atoms in total. The van der Waals surface area contributed by atoms with Crippen molar-refractivity contribution in [1.29, 1.82) is 0 Å². The maximum atomic E-state index is 11.8. The molecule has 1 heterocycles. The van der Waals surface area contributed by atoms with Gasteiger partial charge >= 0.3 is 12.1 Å². The summed E-state index contributed by atoms with van der Waals surface area (Å²) in [4.78, 5) is 24.1. The van der Waals surface area contributed by atoms with E-state index in [0.717, 1.165) is 4.90 Å². The highest BCUT2D eigenvalue weighted by Crippen LogP contribution is 2.45. The van der Waals surface area contributed by atoms with E-state index in [2.05, 4.69) is 40.4 Å². The van der Waals surface area contributed by atoms with Crippen LogP contribution >= 0.6 is 0 Å². The summed E-state index contributed by atoms with van der Waals surface area (Å²) in [6.07, 6.45) is 0.309. The van der Waals surface area contributed by atoms with Crippen molar-refractivity contribution >= 4 is 20.4 Å². The van der Waals surface area contributed by atoms with Gasteiger partial charge in [0.25, 0.3) is 0 Å². The van der Waals surface area contributed by atoms with Gasteiger partial charge in [-0.2, -0.15) is 0 Å². The predicted molar refractivity (Wildman–Crippen MR) is 102 cm³/mol. The molecular formula is C18H33NO6Si. The van der Waals surface area contributed by atoms with E-state index in [-0.39, 0.29) is 18.0 Å². The van der Waals surface area contributed by atoms with Crippen molar-refractivity contribution in [2.75, 3.05) is 13.2 Å². The van der Waals surface area contributed by atoms with Crippen molar-refractivity contribution in [3.8, 4) is 0 Å². The summed E-state index contributed by atoms with van der Waals surface area (Å²) >= 11 is 0. The molecule has 3 N–H and O–H groups in total. The van der Waals surface area contributed by atoms with Crippen LogP contribution in [0.4, 0.5) is 4.79 Å². The summed E-state index contributed by atoms with van der Waals surface area (Å²) in [6.45, 7) is 14.6. The average Bonchev–Trinajstić information content (AvgIpc) is 2.77. The Bertz CT molecular complexity index is 544. The monoisotopic (exact) mass is 387 g/mol. The topological polar surface area (TPSA) is 107 Å². The number of rotatable bonds is 8. The third kappa shape index (κ3) is 4.47. The minimum Gasteiger partial charge on any atom is -0.480 e.